The van der Waals surface area contributed by atoms with E-state index in [-0.39, 0.29) is 19.1 Å². The monoisotopic (exact) mass is 265 g/mol. The number of rotatable bonds is 6. The summed E-state index contributed by atoms with van der Waals surface area (Å²) in [6.45, 7) is 3.48. The number of hydrogen-bond acceptors (Lipinski definition) is 4. The minimum absolute atomic E-state index is 0.0459. The summed E-state index contributed by atoms with van der Waals surface area (Å²) in [4.78, 5) is 23.4. The van der Waals surface area contributed by atoms with Gasteiger partial charge in [-0.15, -0.1) is 0 Å². The van der Waals surface area contributed by atoms with Crippen molar-refractivity contribution in [2.75, 3.05) is 13.2 Å². The zero-order valence-electron chi connectivity index (χ0n) is 11.1. The first kappa shape index (κ1) is 15.2. The summed E-state index contributed by atoms with van der Waals surface area (Å²) in [5.41, 5.74) is 0.510. The summed E-state index contributed by atoms with van der Waals surface area (Å²) in [5.74, 6) is -1.55. The van der Waals surface area contributed by atoms with Crippen LogP contribution < -0.4 is 5.32 Å². The van der Waals surface area contributed by atoms with Crippen LogP contribution in [0.25, 0.3) is 0 Å². The van der Waals surface area contributed by atoms with Crippen molar-refractivity contribution in [1.82, 2.24) is 5.32 Å². The molecule has 1 aromatic rings. The van der Waals surface area contributed by atoms with Gasteiger partial charge in [-0.05, 0) is 26.0 Å². The number of benzene rings is 1. The molecule has 0 bridgehead atoms. The standard InChI is InChI=1S/C14H19NO4/c1-3-19-14(18)12(10(2)16)9-15-13(17)11-7-5-4-6-8-11/h4-8,10,12,16H,3,9H2,1-2H3,(H,15,17)/t10-,12?/m0/s1. The molecule has 104 valence electrons. The summed E-state index contributed by atoms with van der Waals surface area (Å²) >= 11 is 0. The molecular formula is C14H19NO4. The van der Waals surface area contributed by atoms with Crippen LogP contribution in [0.3, 0.4) is 0 Å². The topological polar surface area (TPSA) is 75.6 Å². The highest BCUT2D eigenvalue weighted by molar-refractivity contribution is 5.94. The molecule has 1 amide bonds. The van der Waals surface area contributed by atoms with Crippen LogP contribution in [-0.2, 0) is 9.53 Å². The van der Waals surface area contributed by atoms with E-state index in [1.165, 1.54) is 6.92 Å². The smallest absolute Gasteiger partial charge is 0.313 e. The molecule has 0 aliphatic heterocycles. The van der Waals surface area contributed by atoms with Gasteiger partial charge in [-0.25, -0.2) is 0 Å². The van der Waals surface area contributed by atoms with Crippen molar-refractivity contribution < 1.29 is 19.4 Å². The summed E-state index contributed by atoms with van der Waals surface area (Å²) in [7, 11) is 0. The molecule has 0 saturated heterocycles. The van der Waals surface area contributed by atoms with Crippen LogP contribution in [0.2, 0.25) is 0 Å². The third-order valence-corrected chi connectivity index (χ3v) is 2.69. The van der Waals surface area contributed by atoms with E-state index >= 15 is 0 Å². The molecule has 1 aromatic carbocycles. The van der Waals surface area contributed by atoms with Crippen molar-refractivity contribution in [3.63, 3.8) is 0 Å². The van der Waals surface area contributed by atoms with Crippen LogP contribution in [0.5, 0.6) is 0 Å². The Hall–Kier alpha value is -1.88. The van der Waals surface area contributed by atoms with E-state index in [0.717, 1.165) is 0 Å². The molecule has 1 rings (SSSR count). The van der Waals surface area contributed by atoms with E-state index in [4.69, 9.17) is 4.74 Å². The van der Waals surface area contributed by atoms with Gasteiger partial charge < -0.3 is 15.2 Å². The summed E-state index contributed by atoms with van der Waals surface area (Å²) in [6, 6.07) is 8.68. The molecule has 0 aliphatic rings. The first-order valence-electron chi connectivity index (χ1n) is 6.24. The van der Waals surface area contributed by atoms with Crippen molar-refractivity contribution in [2.24, 2.45) is 5.92 Å². The third-order valence-electron chi connectivity index (χ3n) is 2.69. The minimum atomic E-state index is -0.880. The highest BCUT2D eigenvalue weighted by Gasteiger charge is 2.25. The van der Waals surface area contributed by atoms with Gasteiger partial charge >= 0.3 is 5.97 Å². The predicted molar refractivity (Wildman–Crippen MR) is 70.6 cm³/mol. The Kier molecular flexibility index (Phi) is 6.02. The number of aliphatic hydroxyl groups is 1. The van der Waals surface area contributed by atoms with Crippen LogP contribution in [0.15, 0.2) is 30.3 Å². The lowest BCUT2D eigenvalue weighted by atomic mass is 10.0. The van der Waals surface area contributed by atoms with Crippen molar-refractivity contribution in [2.45, 2.75) is 20.0 Å². The largest absolute Gasteiger partial charge is 0.466 e. The van der Waals surface area contributed by atoms with Crippen molar-refractivity contribution >= 4 is 11.9 Å². The molecule has 19 heavy (non-hydrogen) atoms. The Morgan fingerprint density at radius 1 is 1.32 bits per heavy atom. The van der Waals surface area contributed by atoms with Crippen molar-refractivity contribution in [3.8, 4) is 0 Å². The lowest BCUT2D eigenvalue weighted by Crippen LogP contribution is -2.39. The normalized spacial score (nSPS) is 13.4. The maximum absolute atomic E-state index is 11.8. The van der Waals surface area contributed by atoms with Crippen LogP contribution in [0, 0.1) is 5.92 Å². The number of carbonyl (C=O) groups is 2. The van der Waals surface area contributed by atoms with Gasteiger partial charge in [-0.1, -0.05) is 18.2 Å². The average Bonchev–Trinajstić information content (AvgIpc) is 2.39. The van der Waals surface area contributed by atoms with E-state index in [0.29, 0.717) is 5.56 Å². The Balaban J connectivity index is 2.57. The lowest BCUT2D eigenvalue weighted by molar-refractivity contribution is -0.151. The zero-order valence-corrected chi connectivity index (χ0v) is 11.1. The molecule has 2 atom stereocenters. The van der Waals surface area contributed by atoms with Gasteiger partial charge in [0, 0.05) is 12.1 Å². The first-order valence-corrected chi connectivity index (χ1v) is 6.24. The molecule has 0 aliphatic carbocycles. The van der Waals surface area contributed by atoms with Crippen molar-refractivity contribution in [3.05, 3.63) is 35.9 Å². The second kappa shape index (κ2) is 7.53. The van der Waals surface area contributed by atoms with Crippen LogP contribution in [-0.4, -0.2) is 36.2 Å². The van der Waals surface area contributed by atoms with Crippen molar-refractivity contribution in [1.29, 1.82) is 0 Å². The van der Waals surface area contributed by atoms with E-state index in [9.17, 15) is 14.7 Å². The van der Waals surface area contributed by atoms with Crippen LogP contribution in [0.4, 0.5) is 0 Å². The van der Waals surface area contributed by atoms with Crippen LogP contribution >= 0.6 is 0 Å². The molecule has 5 heteroatoms. The molecule has 2 N–H and O–H groups in total. The second-order valence-electron chi connectivity index (χ2n) is 4.18. The molecule has 1 unspecified atom stereocenters. The second-order valence-corrected chi connectivity index (χ2v) is 4.18. The maximum atomic E-state index is 11.8. The van der Waals surface area contributed by atoms with Gasteiger partial charge in [0.15, 0.2) is 0 Å². The highest BCUT2D eigenvalue weighted by atomic mass is 16.5. The van der Waals surface area contributed by atoms with Gasteiger partial charge in [0.2, 0.25) is 0 Å². The number of aliphatic hydroxyl groups excluding tert-OH is 1. The minimum Gasteiger partial charge on any atom is -0.466 e. The van der Waals surface area contributed by atoms with Gasteiger partial charge in [-0.3, -0.25) is 9.59 Å². The fourth-order valence-electron chi connectivity index (χ4n) is 1.59. The zero-order chi connectivity index (χ0) is 14.3. The molecular weight excluding hydrogens is 246 g/mol. The average molecular weight is 265 g/mol. The Labute approximate surface area is 112 Å². The molecule has 0 spiro atoms. The summed E-state index contributed by atoms with van der Waals surface area (Å²) in [5, 5.41) is 12.2. The van der Waals surface area contributed by atoms with E-state index in [1.54, 1.807) is 31.2 Å². The number of hydrogen-bond donors (Lipinski definition) is 2. The molecule has 5 nitrogen and oxygen atoms in total. The highest BCUT2D eigenvalue weighted by Crippen LogP contribution is 2.06. The lowest BCUT2D eigenvalue weighted by Gasteiger charge is -2.18. The maximum Gasteiger partial charge on any atom is 0.313 e. The Morgan fingerprint density at radius 3 is 2.47 bits per heavy atom. The summed E-state index contributed by atoms with van der Waals surface area (Å²) < 4.78 is 4.85. The number of nitrogens with one attached hydrogen (secondary N) is 1. The van der Waals surface area contributed by atoms with E-state index < -0.39 is 18.0 Å². The fourth-order valence-corrected chi connectivity index (χ4v) is 1.59. The fraction of sp³-hybridized carbons (Fsp3) is 0.429. The van der Waals surface area contributed by atoms with Gasteiger partial charge in [0.05, 0.1) is 18.6 Å². The van der Waals surface area contributed by atoms with E-state index in [1.807, 2.05) is 6.07 Å². The third kappa shape index (κ3) is 4.71. The van der Waals surface area contributed by atoms with E-state index in [2.05, 4.69) is 5.32 Å². The number of amides is 1. The quantitative estimate of drug-likeness (QED) is 0.752. The number of esters is 1. The summed E-state index contributed by atoms with van der Waals surface area (Å²) in [6.07, 6.45) is -0.880. The van der Waals surface area contributed by atoms with Crippen LogP contribution in [0.1, 0.15) is 24.2 Å². The molecule has 0 aromatic heterocycles. The number of ether oxygens (including phenoxy) is 1. The first-order chi connectivity index (χ1) is 9.06. The molecule has 0 saturated carbocycles. The molecule has 0 heterocycles. The Bertz CT molecular complexity index is 417. The predicted octanol–water partition coefficient (Wildman–Crippen LogP) is 0.976. The van der Waals surface area contributed by atoms with Gasteiger partial charge in [0.1, 0.15) is 0 Å². The van der Waals surface area contributed by atoms with Gasteiger partial charge in [-0.2, -0.15) is 0 Å². The molecule has 0 fully saturated rings. The number of carbonyl (C=O) groups excluding carboxylic acids is 2. The Morgan fingerprint density at radius 2 is 1.95 bits per heavy atom. The molecule has 0 radical (unpaired) electrons. The van der Waals surface area contributed by atoms with Gasteiger partial charge in [0.25, 0.3) is 5.91 Å². The SMILES string of the molecule is CCOC(=O)C(CNC(=O)c1ccccc1)[C@H](C)O.